The van der Waals surface area contributed by atoms with E-state index in [9.17, 15) is 0 Å². The molecule has 3 aromatic rings. The van der Waals surface area contributed by atoms with E-state index < -0.39 is 0 Å². The first-order valence-corrected chi connectivity index (χ1v) is 17.2. The predicted octanol–water partition coefficient (Wildman–Crippen LogP) is 6.86. The van der Waals surface area contributed by atoms with Gasteiger partial charge in [-0.2, -0.15) is 0 Å². The Balaban J connectivity index is 1.37. The molecule has 246 valence electrons. The molecule has 7 nitrogen and oxygen atoms in total. The molecule has 1 fully saturated rings. The summed E-state index contributed by atoms with van der Waals surface area (Å²) in [4.78, 5) is 5.18. The van der Waals surface area contributed by atoms with Gasteiger partial charge in [0, 0.05) is 43.3 Å². The van der Waals surface area contributed by atoms with Crippen molar-refractivity contribution in [2.75, 3.05) is 48.1 Å². The van der Waals surface area contributed by atoms with Gasteiger partial charge in [-0.1, -0.05) is 43.1 Å². The maximum absolute atomic E-state index is 6.53. The molecule has 0 aliphatic carbocycles. The summed E-state index contributed by atoms with van der Waals surface area (Å²) in [6, 6.07) is 17.2. The van der Waals surface area contributed by atoms with Gasteiger partial charge in [-0.05, 0) is 108 Å². The van der Waals surface area contributed by atoms with Crippen molar-refractivity contribution in [3.63, 3.8) is 0 Å². The molecular weight excluding hydrogens is 618 g/mol. The average molecular weight is 664 g/mol. The summed E-state index contributed by atoms with van der Waals surface area (Å²) >= 11 is 12.8. The van der Waals surface area contributed by atoms with E-state index in [1.807, 2.05) is 18.2 Å². The van der Waals surface area contributed by atoms with Crippen molar-refractivity contribution < 1.29 is 18.9 Å². The van der Waals surface area contributed by atoms with E-state index in [4.69, 9.17) is 42.8 Å². The molecule has 6 rings (SSSR count). The van der Waals surface area contributed by atoms with Crippen LogP contribution in [0.3, 0.4) is 0 Å². The van der Waals surface area contributed by atoms with E-state index in [0.29, 0.717) is 24.4 Å². The molecule has 3 aliphatic heterocycles. The minimum Gasteiger partial charge on any atom is -0.493 e. The first-order valence-electron chi connectivity index (χ1n) is 16.4. The highest BCUT2D eigenvalue weighted by Crippen LogP contribution is 2.47. The Hall–Kier alpha value is -3.20. The maximum Gasteiger partial charge on any atom is 0.169 e. The zero-order valence-electron chi connectivity index (χ0n) is 27.6. The van der Waals surface area contributed by atoms with E-state index in [-0.39, 0.29) is 6.04 Å². The Morgan fingerprint density at radius 2 is 1.50 bits per heavy atom. The number of nitrogens with one attached hydrogen (secondary N) is 1. The molecule has 1 N–H and O–H groups in total. The van der Waals surface area contributed by atoms with E-state index in [1.54, 1.807) is 28.4 Å². The van der Waals surface area contributed by atoms with Crippen molar-refractivity contribution in [2.45, 2.75) is 57.7 Å². The Labute approximate surface area is 284 Å². The van der Waals surface area contributed by atoms with Gasteiger partial charge in [-0.3, -0.25) is 4.90 Å². The summed E-state index contributed by atoms with van der Waals surface area (Å²) in [6.07, 6.45) is 4.96. The zero-order chi connectivity index (χ0) is 32.4. The lowest BCUT2D eigenvalue weighted by Gasteiger charge is -2.51. The van der Waals surface area contributed by atoms with Crippen LogP contribution < -0.4 is 24.3 Å². The van der Waals surface area contributed by atoms with E-state index in [0.717, 1.165) is 90.4 Å². The molecule has 3 aliphatic rings. The molecule has 0 spiro atoms. The number of fused-ring (bicyclic) bond motifs is 4. The van der Waals surface area contributed by atoms with Gasteiger partial charge in [-0.25, -0.2) is 0 Å². The average Bonchev–Trinajstić information content (AvgIpc) is 3.28. The molecule has 3 aromatic carbocycles. The van der Waals surface area contributed by atoms with Crippen LogP contribution in [0, 0.1) is 11.8 Å². The fraction of sp³-hybridized carbons (Fsp3) is 0.486. The summed E-state index contributed by atoms with van der Waals surface area (Å²) < 4.78 is 22.9. The van der Waals surface area contributed by atoms with Gasteiger partial charge < -0.3 is 29.2 Å². The number of methoxy groups -OCH3 is 4. The quantitative estimate of drug-likeness (QED) is 0.262. The number of thiocarbonyl (C=S) groups is 1. The number of halogens is 1. The summed E-state index contributed by atoms with van der Waals surface area (Å²) in [5, 5.41) is 5.12. The highest BCUT2D eigenvalue weighted by Gasteiger charge is 2.44. The van der Waals surface area contributed by atoms with E-state index >= 15 is 0 Å². The summed E-state index contributed by atoms with van der Waals surface area (Å²) in [6.45, 7) is 5.89. The predicted molar refractivity (Wildman–Crippen MR) is 188 cm³/mol. The SMILES string of the molecule is CCC1CN2CCc3cc(OC)c(OC)cc3C2CC1C1Cc2cc(OC)c(OC)cc2CCN1C(=S)NCc1ccccc1Cl. The maximum atomic E-state index is 6.53. The molecule has 0 bridgehead atoms. The fourth-order valence-electron chi connectivity index (χ4n) is 8.04. The second-order valence-electron chi connectivity index (χ2n) is 12.7. The number of benzene rings is 3. The monoisotopic (exact) mass is 663 g/mol. The van der Waals surface area contributed by atoms with Gasteiger partial charge in [0.05, 0.1) is 28.4 Å². The van der Waals surface area contributed by atoms with Crippen LogP contribution in [0.15, 0.2) is 48.5 Å². The van der Waals surface area contributed by atoms with Crippen molar-refractivity contribution in [1.82, 2.24) is 15.1 Å². The number of ether oxygens (including phenoxy) is 4. The smallest absolute Gasteiger partial charge is 0.169 e. The number of hydrogen-bond donors (Lipinski definition) is 1. The van der Waals surface area contributed by atoms with Gasteiger partial charge in [0.15, 0.2) is 28.1 Å². The van der Waals surface area contributed by atoms with Crippen molar-refractivity contribution in [3.8, 4) is 23.0 Å². The van der Waals surface area contributed by atoms with Crippen LogP contribution in [0.2, 0.25) is 5.02 Å². The van der Waals surface area contributed by atoms with Crippen LogP contribution >= 0.6 is 23.8 Å². The summed E-state index contributed by atoms with van der Waals surface area (Å²) in [5.74, 6) is 4.11. The van der Waals surface area contributed by atoms with Crippen molar-refractivity contribution in [1.29, 1.82) is 0 Å². The second-order valence-corrected chi connectivity index (χ2v) is 13.5. The van der Waals surface area contributed by atoms with Gasteiger partial charge in [0.25, 0.3) is 0 Å². The molecule has 4 unspecified atom stereocenters. The van der Waals surface area contributed by atoms with E-state index in [1.165, 1.54) is 22.3 Å². The molecular formula is C37H46ClN3O4S. The normalized spacial score (nSPS) is 22.5. The Bertz CT molecular complexity index is 1570. The highest BCUT2D eigenvalue weighted by atomic mass is 35.5. The van der Waals surface area contributed by atoms with Gasteiger partial charge >= 0.3 is 0 Å². The molecule has 1 saturated heterocycles. The third-order valence-electron chi connectivity index (χ3n) is 10.5. The van der Waals surface area contributed by atoms with Gasteiger partial charge in [0.1, 0.15) is 0 Å². The standard InChI is InChI=1S/C37H46ClN3O4S/c1-6-23-22-40-13-11-25-17-34(43-3)36(45-5)20-29(25)31(40)19-28(23)32-15-27-18-35(44-4)33(42-2)16-24(27)12-14-41(32)37(46)39-21-26-9-7-8-10-30(26)38/h7-10,16-18,20,23,28,31-32H,6,11-15,19,21-22H2,1-5H3,(H,39,46). The molecule has 0 saturated carbocycles. The summed E-state index contributed by atoms with van der Waals surface area (Å²) in [7, 11) is 6.86. The zero-order valence-corrected chi connectivity index (χ0v) is 29.2. The van der Waals surface area contributed by atoms with Gasteiger partial charge in [-0.15, -0.1) is 0 Å². The number of hydrogen-bond acceptors (Lipinski definition) is 6. The van der Waals surface area contributed by atoms with Crippen LogP contribution in [-0.2, 0) is 25.8 Å². The third kappa shape index (κ3) is 6.36. The van der Waals surface area contributed by atoms with Crippen molar-refractivity contribution >= 4 is 28.9 Å². The third-order valence-corrected chi connectivity index (χ3v) is 11.3. The Morgan fingerprint density at radius 3 is 2.17 bits per heavy atom. The number of nitrogens with zero attached hydrogens (tertiary/aromatic N) is 2. The van der Waals surface area contributed by atoms with Crippen LogP contribution in [0.4, 0.5) is 0 Å². The molecule has 9 heteroatoms. The molecule has 0 amide bonds. The van der Waals surface area contributed by atoms with Gasteiger partial charge in [0.2, 0.25) is 0 Å². The van der Waals surface area contributed by atoms with Crippen LogP contribution in [-0.4, -0.2) is 69.0 Å². The first kappa shape index (κ1) is 32.7. The summed E-state index contributed by atoms with van der Waals surface area (Å²) in [5.41, 5.74) is 6.38. The molecule has 0 aromatic heterocycles. The van der Waals surface area contributed by atoms with Crippen LogP contribution in [0.1, 0.15) is 53.6 Å². The molecule has 0 radical (unpaired) electrons. The molecule has 46 heavy (non-hydrogen) atoms. The molecule has 4 atom stereocenters. The lowest BCUT2D eigenvalue weighted by Crippen LogP contribution is -2.55. The van der Waals surface area contributed by atoms with Crippen LogP contribution in [0.25, 0.3) is 0 Å². The lowest BCUT2D eigenvalue weighted by atomic mass is 9.71. The van der Waals surface area contributed by atoms with E-state index in [2.05, 4.69) is 52.4 Å². The lowest BCUT2D eigenvalue weighted by molar-refractivity contribution is 0.0188. The van der Waals surface area contributed by atoms with Crippen molar-refractivity contribution in [3.05, 3.63) is 81.4 Å². The first-order chi connectivity index (χ1) is 22.4. The fourth-order valence-corrected chi connectivity index (χ4v) is 8.54. The second kappa shape index (κ2) is 14.3. The minimum atomic E-state index is 0.211. The Kier molecular flexibility index (Phi) is 10.2. The molecule has 3 heterocycles. The Morgan fingerprint density at radius 1 is 0.870 bits per heavy atom. The highest BCUT2D eigenvalue weighted by molar-refractivity contribution is 7.80. The largest absolute Gasteiger partial charge is 0.493 e. The van der Waals surface area contributed by atoms with Crippen LogP contribution in [0.5, 0.6) is 23.0 Å². The van der Waals surface area contributed by atoms with Crippen molar-refractivity contribution in [2.24, 2.45) is 11.8 Å². The minimum absolute atomic E-state index is 0.211. The topological polar surface area (TPSA) is 55.4 Å². The number of piperidine rings is 1. The number of rotatable bonds is 8.